The summed E-state index contributed by atoms with van der Waals surface area (Å²) in [5, 5.41) is 13.1. The Morgan fingerprint density at radius 3 is 2.89 bits per heavy atom. The standard InChI is InChI=1S/C20H21N5O3/c1-10(2)17-9-28-20(27)25(17)13-3-11-5-18(23-8-15(11)16(22)6-13)24-19(26)14-4-12(14)7-21/h3,5-6,8,10,12,14,17H,4,9,22H2,1-2H3,(H,23,24,26)/t12-,14+,17+/m0/s1. The van der Waals surface area contributed by atoms with Crippen molar-refractivity contribution in [3.8, 4) is 6.07 Å². The number of carbonyl (C=O) groups excluding carboxylic acids is 2. The summed E-state index contributed by atoms with van der Waals surface area (Å²) in [6, 6.07) is 7.35. The number of hydrogen-bond donors (Lipinski definition) is 2. The van der Waals surface area contributed by atoms with Gasteiger partial charge in [-0.05, 0) is 35.9 Å². The molecule has 1 aromatic carbocycles. The van der Waals surface area contributed by atoms with Gasteiger partial charge < -0.3 is 15.8 Å². The Hall–Kier alpha value is -3.34. The zero-order valence-corrected chi connectivity index (χ0v) is 15.7. The largest absolute Gasteiger partial charge is 0.447 e. The molecule has 8 nitrogen and oxygen atoms in total. The molecule has 1 saturated heterocycles. The van der Waals surface area contributed by atoms with E-state index >= 15 is 0 Å². The topological polar surface area (TPSA) is 121 Å². The Kier molecular flexibility index (Phi) is 4.30. The molecule has 4 rings (SSSR count). The molecule has 2 aliphatic rings. The summed E-state index contributed by atoms with van der Waals surface area (Å²) in [5.41, 5.74) is 7.34. The maximum absolute atomic E-state index is 12.3. The van der Waals surface area contributed by atoms with E-state index in [4.69, 9.17) is 15.7 Å². The number of benzene rings is 1. The number of carbonyl (C=O) groups is 2. The van der Waals surface area contributed by atoms with Crippen LogP contribution >= 0.6 is 0 Å². The smallest absolute Gasteiger partial charge is 0.414 e. The number of amides is 2. The average molecular weight is 379 g/mol. The second kappa shape index (κ2) is 6.68. The number of nitrogens with two attached hydrogens (primary N) is 1. The molecule has 2 heterocycles. The van der Waals surface area contributed by atoms with E-state index in [2.05, 4.69) is 16.4 Å². The Labute approximate surface area is 162 Å². The number of nitrogen functional groups attached to an aromatic ring is 1. The third kappa shape index (κ3) is 3.09. The minimum Gasteiger partial charge on any atom is -0.447 e. The van der Waals surface area contributed by atoms with Crippen LogP contribution < -0.4 is 16.0 Å². The molecule has 28 heavy (non-hydrogen) atoms. The minimum atomic E-state index is -0.392. The molecule has 2 aromatic rings. The van der Waals surface area contributed by atoms with Gasteiger partial charge in [0.1, 0.15) is 12.4 Å². The maximum atomic E-state index is 12.3. The van der Waals surface area contributed by atoms with Crippen LogP contribution in [0.5, 0.6) is 0 Å². The summed E-state index contributed by atoms with van der Waals surface area (Å²) in [6.07, 6.45) is 1.79. The molecular weight excluding hydrogens is 358 g/mol. The van der Waals surface area contributed by atoms with Crippen LogP contribution in [0, 0.1) is 29.1 Å². The normalized spacial score (nSPS) is 23.6. The third-order valence-corrected chi connectivity index (χ3v) is 5.35. The van der Waals surface area contributed by atoms with Crippen LogP contribution in [-0.2, 0) is 9.53 Å². The number of hydrogen-bond acceptors (Lipinski definition) is 6. The van der Waals surface area contributed by atoms with Gasteiger partial charge in [0.15, 0.2) is 0 Å². The maximum Gasteiger partial charge on any atom is 0.414 e. The fraction of sp³-hybridized carbons (Fsp3) is 0.400. The van der Waals surface area contributed by atoms with E-state index in [0.29, 0.717) is 30.2 Å². The number of rotatable bonds is 4. The highest BCUT2D eigenvalue weighted by Gasteiger charge is 2.43. The average Bonchev–Trinajstić information content (AvgIpc) is 3.35. The molecule has 2 fully saturated rings. The number of anilines is 3. The number of ether oxygens (including phenoxy) is 1. The van der Waals surface area contributed by atoms with E-state index < -0.39 is 6.09 Å². The number of aromatic nitrogens is 1. The van der Waals surface area contributed by atoms with Crippen LogP contribution in [0.25, 0.3) is 10.8 Å². The van der Waals surface area contributed by atoms with Crippen molar-refractivity contribution in [2.45, 2.75) is 26.3 Å². The summed E-state index contributed by atoms with van der Waals surface area (Å²) < 4.78 is 5.23. The molecule has 0 radical (unpaired) electrons. The second-order valence-corrected chi connectivity index (χ2v) is 7.65. The molecule has 1 saturated carbocycles. The van der Waals surface area contributed by atoms with Crippen molar-refractivity contribution in [2.24, 2.45) is 17.8 Å². The van der Waals surface area contributed by atoms with E-state index in [1.807, 2.05) is 19.9 Å². The first-order chi connectivity index (χ1) is 13.4. The first-order valence-electron chi connectivity index (χ1n) is 9.24. The SMILES string of the molecule is CC(C)[C@H]1COC(=O)N1c1cc(N)c2cnc(NC(=O)[C@@H]3C[C@H]3C#N)cc2c1. The fourth-order valence-electron chi connectivity index (χ4n) is 3.55. The highest BCUT2D eigenvalue weighted by atomic mass is 16.6. The van der Waals surface area contributed by atoms with Gasteiger partial charge in [-0.15, -0.1) is 0 Å². The molecule has 144 valence electrons. The lowest BCUT2D eigenvalue weighted by Gasteiger charge is -2.25. The summed E-state index contributed by atoms with van der Waals surface area (Å²) in [6.45, 7) is 4.41. The lowest BCUT2D eigenvalue weighted by molar-refractivity contribution is -0.117. The first kappa shape index (κ1) is 18.0. The van der Waals surface area contributed by atoms with Gasteiger partial charge in [0.2, 0.25) is 5.91 Å². The molecule has 0 unspecified atom stereocenters. The van der Waals surface area contributed by atoms with Gasteiger partial charge in [-0.2, -0.15) is 5.26 Å². The van der Waals surface area contributed by atoms with Gasteiger partial charge in [0, 0.05) is 17.3 Å². The molecule has 0 spiro atoms. The van der Waals surface area contributed by atoms with Crippen LogP contribution in [-0.4, -0.2) is 29.6 Å². The Balaban J connectivity index is 1.66. The number of nitrogens with zero attached hydrogens (tertiary/aromatic N) is 3. The molecule has 0 bridgehead atoms. The summed E-state index contributed by atoms with van der Waals surface area (Å²) >= 11 is 0. The molecule has 1 aromatic heterocycles. The number of nitriles is 1. The van der Waals surface area contributed by atoms with Crippen LogP contribution in [0.2, 0.25) is 0 Å². The Morgan fingerprint density at radius 2 is 2.21 bits per heavy atom. The van der Waals surface area contributed by atoms with E-state index in [1.165, 1.54) is 0 Å². The van der Waals surface area contributed by atoms with Crippen LogP contribution in [0.4, 0.5) is 22.0 Å². The van der Waals surface area contributed by atoms with Gasteiger partial charge in [0.25, 0.3) is 0 Å². The van der Waals surface area contributed by atoms with Crippen molar-refractivity contribution < 1.29 is 14.3 Å². The van der Waals surface area contributed by atoms with Gasteiger partial charge in [-0.25, -0.2) is 9.78 Å². The van der Waals surface area contributed by atoms with Crippen LogP contribution in [0.3, 0.4) is 0 Å². The van der Waals surface area contributed by atoms with E-state index in [0.717, 1.165) is 10.8 Å². The third-order valence-electron chi connectivity index (χ3n) is 5.35. The number of nitrogens with one attached hydrogen (secondary N) is 1. The van der Waals surface area contributed by atoms with Gasteiger partial charge in [-0.3, -0.25) is 9.69 Å². The molecular formula is C20H21N5O3. The van der Waals surface area contributed by atoms with Crippen molar-refractivity contribution in [1.82, 2.24) is 4.98 Å². The molecule has 1 aliphatic carbocycles. The quantitative estimate of drug-likeness (QED) is 0.788. The monoisotopic (exact) mass is 379 g/mol. The zero-order chi connectivity index (χ0) is 20.0. The van der Waals surface area contributed by atoms with Gasteiger partial charge >= 0.3 is 6.09 Å². The molecule has 3 atom stereocenters. The van der Waals surface area contributed by atoms with E-state index in [-0.39, 0.29) is 29.7 Å². The Bertz CT molecular complexity index is 1010. The van der Waals surface area contributed by atoms with E-state index in [1.54, 1.807) is 23.2 Å². The van der Waals surface area contributed by atoms with Crippen LogP contribution in [0.15, 0.2) is 24.4 Å². The summed E-state index contributed by atoms with van der Waals surface area (Å²) in [5.74, 6) is -0.0724. The lowest BCUT2D eigenvalue weighted by atomic mass is 10.0. The molecule has 3 N–H and O–H groups in total. The predicted octanol–water partition coefficient (Wildman–Crippen LogP) is 2.90. The van der Waals surface area contributed by atoms with Crippen molar-refractivity contribution >= 4 is 40.0 Å². The number of pyridine rings is 1. The van der Waals surface area contributed by atoms with Crippen molar-refractivity contribution in [2.75, 3.05) is 22.6 Å². The molecule has 8 heteroatoms. The Morgan fingerprint density at radius 1 is 1.43 bits per heavy atom. The number of cyclic esters (lactones) is 1. The lowest BCUT2D eigenvalue weighted by Crippen LogP contribution is -2.37. The fourth-order valence-corrected chi connectivity index (χ4v) is 3.55. The highest BCUT2D eigenvalue weighted by Crippen LogP contribution is 2.39. The van der Waals surface area contributed by atoms with Crippen LogP contribution in [0.1, 0.15) is 20.3 Å². The molecule has 1 aliphatic heterocycles. The second-order valence-electron chi connectivity index (χ2n) is 7.65. The first-order valence-corrected chi connectivity index (χ1v) is 9.24. The van der Waals surface area contributed by atoms with Gasteiger partial charge in [-0.1, -0.05) is 13.8 Å². The minimum absolute atomic E-state index is 0.0665. The zero-order valence-electron chi connectivity index (χ0n) is 15.7. The van der Waals surface area contributed by atoms with E-state index in [9.17, 15) is 9.59 Å². The molecule has 2 amide bonds. The van der Waals surface area contributed by atoms with Crippen molar-refractivity contribution in [1.29, 1.82) is 5.26 Å². The summed E-state index contributed by atoms with van der Waals surface area (Å²) in [7, 11) is 0. The van der Waals surface area contributed by atoms with Crippen molar-refractivity contribution in [3.63, 3.8) is 0 Å². The predicted molar refractivity (Wildman–Crippen MR) is 104 cm³/mol. The van der Waals surface area contributed by atoms with Crippen molar-refractivity contribution in [3.05, 3.63) is 24.4 Å². The summed E-state index contributed by atoms with van der Waals surface area (Å²) in [4.78, 5) is 30.3. The number of fused-ring (bicyclic) bond motifs is 1. The van der Waals surface area contributed by atoms with Gasteiger partial charge in [0.05, 0.1) is 29.6 Å². The highest BCUT2D eigenvalue weighted by molar-refractivity contribution is 6.02.